The Labute approximate surface area is 214 Å². The SMILES string of the molecule is C=CN(C)c1cc2nc(C)nc(N[C@H](C)c3cccc(C(F)(F)C(C)C)c3F)c2cc1C(C)(CF)CF. The minimum Gasteiger partial charge on any atom is -0.363 e. The highest BCUT2D eigenvalue weighted by atomic mass is 19.3. The first-order chi connectivity index (χ1) is 17.3. The van der Waals surface area contributed by atoms with Gasteiger partial charge in [-0.25, -0.2) is 23.1 Å². The minimum absolute atomic E-state index is 0.0443. The number of aryl methyl sites for hydroxylation is 1. The molecule has 37 heavy (non-hydrogen) atoms. The van der Waals surface area contributed by atoms with Crippen LogP contribution in [0, 0.1) is 18.7 Å². The molecule has 0 aliphatic heterocycles. The smallest absolute Gasteiger partial charge is 0.278 e. The van der Waals surface area contributed by atoms with Crippen LogP contribution in [0.4, 0.5) is 33.5 Å². The molecule has 0 unspecified atom stereocenters. The summed E-state index contributed by atoms with van der Waals surface area (Å²) in [5, 5.41) is 3.57. The van der Waals surface area contributed by atoms with Crippen LogP contribution in [0.15, 0.2) is 43.1 Å². The summed E-state index contributed by atoms with van der Waals surface area (Å²) < 4.78 is 72.8. The second kappa shape index (κ2) is 10.6. The molecule has 0 saturated carbocycles. The molecule has 1 N–H and O–H groups in total. The second-order valence-corrected chi connectivity index (χ2v) is 9.98. The average Bonchev–Trinajstić information content (AvgIpc) is 2.86. The summed E-state index contributed by atoms with van der Waals surface area (Å²) in [6.45, 7) is 9.32. The fourth-order valence-electron chi connectivity index (χ4n) is 4.18. The van der Waals surface area contributed by atoms with Crippen LogP contribution in [0.2, 0.25) is 0 Å². The van der Waals surface area contributed by atoms with Crippen molar-refractivity contribution in [3.8, 4) is 0 Å². The number of nitrogens with one attached hydrogen (secondary N) is 1. The third-order valence-corrected chi connectivity index (χ3v) is 6.75. The van der Waals surface area contributed by atoms with Crippen molar-refractivity contribution in [2.45, 2.75) is 52.0 Å². The fraction of sp³-hybridized carbons (Fsp3) is 0.429. The summed E-state index contributed by atoms with van der Waals surface area (Å²) in [6, 6.07) is 6.49. The molecule has 4 nitrogen and oxygen atoms in total. The van der Waals surface area contributed by atoms with Gasteiger partial charge in [0.05, 0.1) is 22.5 Å². The molecule has 1 heterocycles. The van der Waals surface area contributed by atoms with E-state index in [2.05, 4.69) is 21.9 Å². The maximum absolute atomic E-state index is 15.3. The molecule has 0 saturated heterocycles. The number of aromatic nitrogens is 2. The molecular weight excluding hydrogens is 487 g/mol. The molecular formula is C28H33F5N4. The van der Waals surface area contributed by atoms with Gasteiger partial charge < -0.3 is 10.2 Å². The number of hydrogen-bond donors (Lipinski definition) is 1. The van der Waals surface area contributed by atoms with E-state index in [4.69, 9.17) is 0 Å². The topological polar surface area (TPSA) is 41.1 Å². The van der Waals surface area contributed by atoms with E-state index in [9.17, 15) is 17.6 Å². The van der Waals surface area contributed by atoms with Gasteiger partial charge in [-0.05, 0) is 37.7 Å². The van der Waals surface area contributed by atoms with Crippen LogP contribution in [0.3, 0.4) is 0 Å². The van der Waals surface area contributed by atoms with Crippen molar-refractivity contribution in [3.05, 3.63) is 71.4 Å². The lowest BCUT2D eigenvalue weighted by Crippen LogP contribution is -2.29. The largest absolute Gasteiger partial charge is 0.363 e. The van der Waals surface area contributed by atoms with Gasteiger partial charge >= 0.3 is 0 Å². The normalized spacial score (nSPS) is 13.2. The molecule has 9 heteroatoms. The van der Waals surface area contributed by atoms with Crippen LogP contribution < -0.4 is 10.2 Å². The van der Waals surface area contributed by atoms with E-state index in [1.165, 1.54) is 39.1 Å². The quantitative estimate of drug-likeness (QED) is 0.277. The van der Waals surface area contributed by atoms with Crippen molar-refractivity contribution in [2.75, 3.05) is 30.6 Å². The molecule has 0 radical (unpaired) electrons. The van der Waals surface area contributed by atoms with Crippen molar-refractivity contribution in [1.29, 1.82) is 0 Å². The summed E-state index contributed by atoms with van der Waals surface area (Å²) in [7, 11) is 1.71. The zero-order chi connectivity index (χ0) is 27.7. The number of rotatable bonds is 10. The molecule has 0 aliphatic rings. The van der Waals surface area contributed by atoms with Gasteiger partial charge in [-0.3, -0.25) is 8.78 Å². The zero-order valence-corrected chi connectivity index (χ0v) is 22.0. The van der Waals surface area contributed by atoms with E-state index in [0.29, 0.717) is 33.8 Å². The molecule has 1 atom stereocenters. The summed E-state index contributed by atoms with van der Waals surface area (Å²) in [5.74, 6) is -4.72. The highest BCUT2D eigenvalue weighted by Crippen LogP contribution is 2.40. The van der Waals surface area contributed by atoms with Gasteiger partial charge in [0.25, 0.3) is 5.92 Å². The van der Waals surface area contributed by atoms with Gasteiger partial charge in [0.2, 0.25) is 0 Å². The predicted octanol–water partition coefficient (Wildman–Crippen LogP) is 7.77. The van der Waals surface area contributed by atoms with Crippen molar-refractivity contribution in [1.82, 2.24) is 9.97 Å². The van der Waals surface area contributed by atoms with Crippen LogP contribution in [-0.4, -0.2) is 30.4 Å². The number of benzene rings is 2. The van der Waals surface area contributed by atoms with Gasteiger partial charge in [0, 0.05) is 29.6 Å². The summed E-state index contributed by atoms with van der Waals surface area (Å²) in [6.07, 6.45) is 1.53. The third kappa shape index (κ3) is 5.26. The molecule has 0 fully saturated rings. The first-order valence-corrected chi connectivity index (χ1v) is 12.0. The third-order valence-electron chi connectivity index (χ3n) is 6.75. The Morgan fingerprint density at radius 3 is 2.30 bits per heavy atom. The molecule has 0 spiro atoms. The van der Waals surface area contributed by atoms with E-state index >= 15 is 4.39 Å². The summed E-state index contributed by atoms with van der Waals surface area (Å²) in [4.78, 5) is 10.6. The molecule has 0 aliphatic carbocycles. The molecule has 3 rings (SSSR count). The van der Waals surface area contributed by atoms with Gasteiger partial charge in [-0.2, -0.15) is 0 Å². The maximum atomic E-state index is 15.3. The Morgan fingerprint density at radius 1 is 1.08 bits per heavy atom. The van der Waals surface area contributed by atoms with Crippen LogP contribution in [0.25, 0.3) is 10.9 Å². The molecule has 200 valence electrons. The number of halogens is 5. The standard InChI is InChI=1S/C28H33F5N4/c1-8-37(7)24-13-23-20(12-22(24)27(6,14-29)15-30)26(36-18(5)35-23)34-17(4)19-10-9-11-21(25(19)31)28(32,33)16(2)3/h8-13,16-17H,1,14-15H2,2-7H3,(H,34,35,36)/t17-/m1/s1. The van der Waals surface area contributed by atoms with Crippen molar-refractivity contribution in [3.63, 3.8) is 0 Å². The van der Waals surface area contributed by atoms with Crippen LogP contribution in [0.1, 0.15) is 56.3 Å². The summed E-state index contributed by atoms with van der Waals surface area (Å²) in [5.41, 5.74) is -0.638. The van der Waals surface area contributed by atoms with Crippen LogP contribution >= 0.6 is 0 Å². The Kier molecular flexibility index (Phi) is 8.15. The Morgan fingerprint density at radius 2 is 1.73 bits per heavy atom. The Balaban J connectivity index is 2.18. The Hall–Kier alpha value is -3.23. The molecule has 0 bridgehead atoms. The molecule has 2 aromatic carbocycles. The number of nitrogens with zero attached hydrogens (tertiary/aromatic N) is 3. The van der Waals surface area contributed by atoms with Gasteiger partial charge in [-0.1, -0.05) is 45.5 Å². The highest BCUT2D eigenvalue weighted by Gasteiger charge is 2.39. The predicted molar refractivity (Wildman–Crippen MR) is 139 cm³/mol. The van der Waals surface area contributed by atoms with Gasteiger partial charge in [-0.15, -0.1) is 0 Å². The maximum Gasteiger partial charge on any atom is 0.278 e. The van der Waals surface area contributed by atoms with Crippen molar-refractivity contribution < 1.29 is 22.0 Å². The fourth-order valence-corrected chi connectivity index (χ4v) is 4.18. The lowest BCUT2D eigenvalue weighted by Gasteiger charge is -2.30. The van der Waals surface area contributed by atoms with Gasteiger partial charge in [0.15, 0.2) is 0 Å². The Bertz CT molecular complexity index is 1290. The van der Waals surface area contributed by atoms with Crippen molar-refractivity contribution >= 4 is 22.4 Å². The molecule has 3 aromatic rings. The average molecular weight is 521 g/mol. The lowest BCUT2D eigenvalue weighted by molar-refractivity contribution is -0.0545. The first-order valence-electron chi connectivity index (χ1n) is 12.0. The van der Waals surface area contributed by atoms with E-state index in [-0.39, 0.29) is 5.56 Å². The minimum atomic E-state index is -3.34. The summed E-state index contributed by atoms with van der Waals surface area (Å²) >= 11 is 0. The zero-order valence-electron chi connectivity index (χ0n) is 22.0. The molecule has 0 amide bonds. The monoisotopic (exact) mass is 520 g/mol. The van der Waals surface area contributed by atoms with E-state index < -0.39 is 48.0 Å². The lowest BCUT2D eigenvalue weighted by atomic mass is 9.83. The number of anilines is 2. The number of hydrogen-bond acceptors (Lipinski definition) is 4. The number of alkyl halides is 4. The van der Waals surface area contributed by atoms with Crippen LogP contribution in [-0.2, 0) is 11.3 Å². The van der Waals surface area contributed by atoms with E-state index in [0.717, 1.165) is 6.07 Å². The highest BCUT2D eigenvalue weighted by molar-refractivity contribution is 5.93. The van der Waals surface area contributed by atoms with Gasteiger partial charge in [0.1, 0.15) is 30.8 Å². The van der Waals surface area contributed by atoms with E-state index in [1.54, 1.807) is 37.9 Å². The first kappa shape index (κ1) is 28.3. The molecule has 1 aromatic heterocycles. The van der Waals surface area contributed by atoms with E-state index in [1.807, 2.05) is 0 Å². The second-order valence-electron chi connectivity index (χ2n) is 9.98. The van der Waals surface area contributed by atoms with Crippen LogP contribution in [0.5, 0.6) is 0 Å². The van der Waals surface area contributed by atoms with Crippen molar-refractivity contribution in [2.24, 2.45) is 5.92 Å². The number of fused-ring (bicyclic) bond motifs is 1.